The summed E-state index contributed by atoms with van der Waals surface area (Å²) < 4.78 is 37.8. The van der Waals surface area contributed by atoms with E-state index in [0.717, 1.165) is 12.1 Å². The Morgan fingerprint density at radius 3 is 2.58 bits per heavy atom. The van der Waals surface area contributed by atoms with Crippen LogP contribution in [-0.4, -0.2) is 11.5 Å². The van der Waals surface area contributed by atoms with Crippen LogP contribution >= 0.6 is 15.9 Å². The molecule has 0 saturated heterocycles. The van der Waals surface area contributed by atoms with Gasteiger partial charge in [0.1, 0.15) is 6.07 Å². The fourth-order valence-electron chi connectivity index (χ4n) is 1.05. The zero-order valence-corrected chi connectivity index (χ0v) is 10.8. The zero-order chi connectivity index (χ0) is 14.6. The first-order valence-corrected chi connectivity index (χ1v) is 5.50. The normalized spacial score (nSPS) is 11.8. The first-order valence-electron chi connectivity index (χ1n) is 4.70. The maximum Gasteiger partial charge on any atom is 0.416 e. The third-order valence-electron chi connectivity index (χ3n) is 1.94. The van der Waals surface area contributed by atoms with Gasteiger partial charge in [0.2, 0.25) is 5.71 Å². The van der Waals surface area contributed by atoms with Crippen LogP contribution < -0.4 is 11.2 Å². The number of hydrazone groups is 1. The van der Waals surface area contributed by atoms with Gasteiger partial charge in [-0.2, -0.15) is 23.5 Å². The average Bonchev–Trinajstić information content (AvgIpc) is 2.30. The summed E-state index contributed by atoms with van der Waals surface area (Å²) in [5.74, 6) is -0.585. The Morgan fingerprint density at radius 1 is 1.47 bits per heavy atom. The zero-order valence-electron chi connectivity index (χ0n) is 9.22. The molecule has 0 spiro atoms. The van der Waals surface area contributed by atoms with Crippen LogP contribution in [0.3, 0.4) is 0 Å². The minimum absolute atomic E-state index is 0.00354. The molecule has 0 atom stereocenters. The SMILES string of the molecule is N#C/C(=N\Nc1cc(C(F)(F)F)ccc1Br)C(=N)N. The quantitative estimate of drug-likeness (QED) is 0.450. The molecule has 0 aliphatic heterocycles. The molecule has 0 unspecified atom stereocenters. The smallest absolute Gasteiger partial charge is 0.382 e. The molecule has 5 nitrogen and oxygen atoms in total. The van der Waals surface area contributed by atoms with Crippen LogP contribution in [0.15, 0.2) is 27.8 Å². The second-order valence-corrected chi connectivity index (χ2v) is 4.14. The summed E-state index contributed by atoms with van der Waals surface area (Å²) in [5, 5.41) is 19.1. The van der Waals surface area contributed by atoms with Crippen LogP contribution in [0.25, 0.3) is 0 Å². The maximum absolute atomic E-state index is 12.5. The maximum atomic E-state index is 12.5. The van der Waals surface area contributed by atoms with Crippen molar-refractivity contribution in [1.29, 1.82) is 10.7 Å². The van der Waals surface area contributed by atoms with E-state index >= 15 is 0 Å². The molecule has 100 valence electrons. The molecular formula is C10H7BrF3N5. The average molecular weight is 334 g/mol. The second kappa shape index (κ2) is 5.71. The highest BCUT2D eigenvalue weighted by Crippen LogP contribution is 2.33. The fraction of sp³-hybridized carbons (Fsp3) is 0.100. The minimum Gasteiger partial charge on any atom is -0.382 e. The number of alkyl halides is 3. The van der Waals surface area contributed by atoms with Crippen LogP contribution in [-0.2, 0) is 6.18 Å². The van der Waals surface area contributed by atoms with Gasteiger partial charge in [-0.25, -0.2) is 0 Å². The van der Waals surface area contributed by atoms with Gasteiger partial charge >= 0.3 is 6.18 Å². The molecule has 0 saturated carbocycles. The minimum atomic E-state index is -4.49. The van der Waals surface area contributed by atoms with Crippen molar-refractivity contribution in [3.63, 3.8) is 0 Å². The number of halogens is 4. The highest BCUT2D eigenvalue weighted by molar-refractivity contribution is 9.10. The van der Waals surface area contributed by atoms with Crippen molar-refractivity contribution in [2.45, 2.75) is 6.18 Å². The summed E-state index contributed by atoms with van der Waals surface area (Å²) in [6.45, 7) is 0. The molecule has 0 radical (unpaired) electrons. The molecule has 0 bridgehead atoms. The lowest BCUT2D eigenvalue weighted by atomic mass is 10.2. The van der Waals surface area contributed by atoms with Gasteiger partial charge in [-0.1, -0.05) is 0 Å². The van der Waals surface area contributed by atoms with Gasteiger partial charge in [-0.15, -0.1) is 0 Å². The Balaban J connectivity index is 3.09. The summed E-state index contributed by atoms with van der Waals surface area (Å²) in [4.78, 5) is 0. The first-order chi connectivity index (χ1) is 8.75. The molecule has 0 aliphatic carbocycles. The number of hydrogen-bond acceptors (Lipinski definition) is 4. The highest BCUT2D eigenvalue weighted by Gasteiger charge is 2.30. The van der Waals surface area contributed by atoms with Crippen molar-refractivity contribution in [2.75, 3.05) is 5.43 Å². The topological polar surface area (TPSA) is 98.0 Å². The highest BCUT2D eigenvalue weighted by atomic mass is 79.9. The Morgan fingerprint density at radius 2 is 2.11 bits per heavy atom. The molecule has 0 amide bonds. The number of nitrogens with one attached hydrogen (secondary N) is 2. The predicted octanol–water partition coefficient (Wildman–Crippen LogP) is 2.70. The number of benzene rings is 1. The van der Waals surface area contributed by atoms with Crippen LogP contribution in [0.4, 0.5) is 18.9 Å². The summed E-state index contributed by atoms with van der Waals surface area (Å²) >= 11 is 3.04. The van der Waals surface area contributed by atoms with E-state index in [4.69, 9.17) is 16.4 Å². The van der Waals surface area contributed by atoms with Gasteiger partial charge in [-0.05, 0) is 34.1 Å². The van der Waals surface area contributed by atoms with E-state index in [1.807, 2.05) is 0 Å². The first kappa shape index (κ1) is 15.0. The van der Waals surface area contributed by atoms with Crippen molar-refractivity contribution in [2.24, 2.45) is 10.8 Å². The second-order valence-electron chi connectivity index (χ2n) is 3.29. The van der Waals surface area contributed by atoms with E-state index in [0.29, 0.717) is 4.47 Å². The van der Waals surface area contributed by atoms with E-state index in [2.05, 4.69) is 26.5 Å². The van der Waals surface area contributed by atoms with E-state index in [1.165, 1.54) is 12.1 Å². The molecule has 0 aromatic heterocycles. The third kappa shape index (κ3) is 3.96. The molecular weight excluding hydrogens is 327 g/mol. The van der Waals surface area contributed by atoms with Gasteiger partial charge < -0.3 is 5.73 Å². The molecule has 0 fully saturated rings. The Labute approximate surface area is 114 Å². The number of rotatable bonds is 3. The van der Waals surface area contributed by atoms with Gasteiger partial charge in [0, 0.05) is 4.47 Å². The van der Waals surface area contributed by atoms with Crippen molar-refractivity contribution in [1.82, 2.24) is 0 Å². The van der Waals surface area contributed by atoms with Crippen molar-refractivity contribution in [3.05, 3.63) is 28.2 Å². The van der Waals surface area contributed by atoms with E-state index in [-0.39, 0.29) is 5.69 Å². The largest absolute Gasteiger partial charge is 0.416 e. The number of nitriles is 1. The van der Waals surface area contributed by atoms with E-state index in [1.54, 1.807) is 0 Å². The molecule has 19 heavy (non-hydrogen) atoms. The molecule has 4 N–H and O–H groups in total. The molecule has 0 aliphatic rings. The molecule has 1 aromatic carbocycles. The number of nitrogens with zero attached hydrogens (tertiary/aromatic N) is 2. The predicted molar refractivity (Wildman–Crippen MR) is 67.7 cm³/mol. The monoisotopic (exact) mass is 333 g/mol. The van der Waals surface area contributed by atoms with Crippen LogP contribution in [0, 0.1) is 16.7 Å². The van der Waals surface area contributed by atoms with Crippen LogP contribution in [0.5, 0.6) is 0 Å². The number of anilines is 1. The van der Waals surface area contributed by atoms with Crippen LogP contribution in [0.2, 0.25) is 0 Å². The summed E-state index contributed by atoms with van der Waals surface area (Å²) in [6, 6.07) is 4.45. The van der Waals surface area contributed by atoms with Crippen molar-refractivity contribution < 1.29 is 13.2 Å². The number of nitrogens with two attached hydrogens (primary N) is 1. The van der Waals surface area contributed by atoms with Gasteiger partial charge in [0.15, 0.2) is 5.84 Å². The van der Waals surface area contributed by atoms with Crippen molar-refractivity contribution >= 4 is 33.2 Å². The Hall–Kier alpha value is -2.08. The lowest BCUT2D eigenvalue weighted by molar-refractivity contribution is -0.137. The van der Waals surface area contributed by atoms with Gasteiger partial charge in [0.05, 0.1) is 11.3 Å². The summed E-state index contributed by atoms with van der Waals surface area (Å²) in [6.07, 6.45) is -4.49. The van der Waals surface area contributed by atoms with Crippen LogP contribution in [0.1, 0.15) is 5.56 Å². The number of amidine groups is 1. The molecule has 1 aromatic rings. The van der Waals surface area contributed by atoms with Crippen molar-refractivity contribution in [3.8, 4) is 6.07 Å². The van der Waals surface area contributed by atoms with E-state index in [9.17, 15) is 13.2 Å². The Kier molecular flexibility index (Phi) is 4.50. The molecule has 0 heterocycles. The fourth-order valence-corrected chi connectivity index (χ4v) is 1.38. The van der Waals surface area contributed by atoms with Gasteiger partial charge in [0.25, 0.3) is 0 Å². The van der Waals surface area contributed by atoms with Gasteiger partial charge in [-0.3, -0.25) is 10.8 Å². The Bertz CT molecular complexity index is 574. The summed E-state index contributed by atoms with van der Waals surface area (Å²) in [7, 11) is 0. The lowest BCUT2D eigenvalue weighted by Gasteiger charge is -2.10. The standard InChI is InChI=1S/C10H7BrF3N5/c11-6-2-1-5(10(12,13)14)3-7(6)18-19-8(4-15)9(16)17/h1-3,18H,(H3,16,17)/b19-8+. The molecule has 9 heteroatoms. The number of hydrogen-bond donors (Lipinski definition) is 3. The lowest BCUT2D eigenvalue weighted by Crippen LogP contribution is -2.22. The third-order valence-corrected chi connectivity index (χ3v) is 2.63. The summed E-state index contributed by atoms with van der Waals surface area (Å²) in [5.41, 5.74) is 6.01. The molecule has 1 rings (SSSR count). The van der Waals surface area contributed by atoms with E-state index < -0.39 is 23.3 Å².